The van der Waals surface area contributed by atoms with Gasteiger partial charge in [-0.3, -0.25) is 29.8 Å². The van der Waals surface area contributed by atoms with Crippen molar-refractivity contribution in [1.82, 2.24) is 36.3 Å². The van der Waals surface area contributed by atoms with Crippen LogP contribution in [0.2, 0.25) is 0 Å². The molecule has 3 aromatic rings. The Morgan fingerprint density at radius 3 is 1.38 bits per heavy atom. The second kappa shape index (κ2) is 32.2. The van der Waals surface area contributed by atoms with Crippen LogP contribution in [0.25, 0.3) is 0 Å². The fraction of sp³-hybridized carbons (Fsp3) is 0.500. The number of hydrogen-bond donors (Lipinski definition) is 12. The van der Waals surface area contributed by atoms with E-state index in [9.17, 15) is 83.4 Å². The van der Waals surface area contributed by atoms with Gasteiger partial charge in [-0.25, -0.2) is 37.8 Å². The zero-order valence-electron chi connectivity index (χ0n) is 40.9. The van der Waals surface area contributed by atoms with Crippen LogP contribution in [0.5, 0.6) is 11.5 Å². The number of halogens is 1. The first-order valence-electron chi connectivity index (χ1n) is 23.4. The van der Waals surface area contributed by atoms with Gasteiger partial charge in [0.25, 0.3) is 11.4 Å². The van der Waals surface area contributed by atoms with Gasteiger partial charge in [0.05, 0.1) is 29.2 Å². The Morgan fingerprint density at radius 1 is 0.610 bits per heavy atom. The molecule has 77 heavy (non-hydrogen) atoms. The van der Waals surface area contributed by atoms with E-state index in [1.807, 2.05) is 10.6 Å². The molecule has 1 unspecified atom stereocenters. The highest BCUT2D eigenvalue weighted by Crippen LogP contribution is 2.31. The first kappa shape index (κ1) is 62.1. The van der Waals surface area contributed by atoms with E-state index in [0.29, 0.717) is 5.69 Å². The maximum absolute atomic E-state index is 12.9. The Balaban J connectivity index is 1.65. The molecule has 5 atom stereocenters. The van der Waals surface area contributed by atoms with E-state index in [1.54, 1.807) is 0 Å². The van der Waals surface area contributed by atoms with Gasteiger partial charge in [-0.1, -0.05) is 5.21 Å². The number of carboxylic acids is 6. The Morgan fingerprint density at radius 2 is 1.01 bits per heavy atom. The van der Waals surface area contributed by atoms with Crippen molar-refractivity contribution >= 4 is 70.6 Å². The Kier molecular flexibility index (Phi) is 26.0. The first-order chi connectivity index (χ1) is 36.6. The topological polar surface area (TPSA) is 475 Å². The van der Waals surface area contributed by atoms with Gasteiger partial charge < -0.3 is 76.8 Å². The average molecular weight is 1100 g/mol. The molecule has 0 aliphatic heterocycles. The van der Waals surface area contributed by atoms with Gasteiger partial charge in [-0.05, 0) is 63.5 Å². The van der Waals surface area contributed by atoms with Gasteiger partial charge in [0.1, 0.15) is 78.7 Å². The zero-order chi connectivity index (χ0) is 57.0. The van der Waals surface area contributed by atoms with E-state index in [1.165, 1.54) is 35.1 Å². The molecule has 0 aliphatic rings. The third-order valence-corrected chi connectivity index (χ3v) is 10.7. The second-order valence-corrected chi connectivity index (χ2v) is 16.6. The van der Waals surface area contributed by atoms with Crippen LogP contribution in [0.4, 0.5) is 36.7 Å². The lowest BCUT2D eigenvalue weighted by molar-refractivity contribution is -0.384. The lowest BCUT2D eigenvalue weighted by atomic mass is 10.1. The van der Waals surface area contributed by atoms with E-state index in [-0.39, 0.29) is 112 Å². The minimum absolute atomic E-state index is 0.00753. The number of carbonyl (C=O) groups is 8. The first-order valence-corrected chi connectivity index (χ1v) is 23.4. The number of nitro groups is 2. The molecular formula is C44H58FN11O21. The number of alkyl halides is 1. The summed E-state index contributed by atoms with van der Waals surface area (Å²) in [7, 11) is 0. The molecule has 33 heteroatoms. The maximum atomic E-state index is 12.9. The molecule has 0 aliphatic carbocycles. The van der Waals surface area contributed by atoms with E-state index < -0.39 is 120 Å². The zero-order valence-corrected chi connectivity index (χ0v) is 40.9. The summed E-state index contributed by atoms with van der Waals surface area (Å²) in [5.41, 5.74) is -0.386. The molecule has 0 radical (unpaired) electrons. The van der Waals surface area contributed by atoms with Crippen molar-refractivity contribution in [3.05, 3.63) is 68.5 Å². The van der Waals surface area contributed by atoms with Crippen LogP contribution in [0, 0.1) is 20.2 Å². The highest BCUT2D eigenvalue weighted by atomic mass is 19.1. The van der Waals surface area contributed by atoms with Crippen molar-refractivity contribution in [3.8, 4) is 11.5 Å². The number of carboxylic acid groups (broad SMARTS) is 6. The highest BCUT2D eigenvalue weighted by molar-refractivity contribution is 5.87. The van der Waals surface area contributed by atoms with E-state index in [0.717, 1.165) is 12.1 Å². The van der Waals surface area contributed by atoms with Crippen LogP contribution in [0.3, 0.4) is 0 Å². The molecule has 0 fully saturated rings. The number of nitrogens with zero attached hydrogens (tertiary/aromatic N) is 5. The number of aromatic nitrogens is 3. The molecule has 3 rings (SSSR count). The lowest BCUT2D eigenvalue weighted by Gasteiger charge is -2.20. The minimum Gasteiger partial charge on any atom is -0.491 e. The van der Waals surface area contributed by atoms with E-state index in [4.69, 9.17) is 24.4 Å². The monoisotopic (exact) mass is 1100 g/mol. The van der Waals surface area contributed by atoms with Crippen LogP contribution in [0.15, 0.2) is 42.6 Å². The normalized spacial score (nSPS) is 12.8. The second-order valence-electron chi connectivity index (χ2n) is 16.6. The number of anilines is 2. The van der Waals surface area contributed by atoms with Crippen molar-refractivity contribution in [2.45, 2.75) is 108 Å². The third-order valence-electron chi connectivity index (χ3n) is 10.7. The summed E-state index contributed by atoms with van der Waals surface area (Å²) in [6.07, 6.45) is -1.08. The predicted molar refractivity (Wildman–Crippen MR) is 259 cm³/mol. The van der Waals surface area contributed by atoms with Crippen LogP contribution >= 0.6 is 0 Å². The predicted octanol–water partition coefficient (Wildman–Crippen LogP) is 2.41. The summed E-state index contributed by atoms with van der Waals surface area (Å²) in [6.45, 7) is -1.37. The number of hydrogen-bond acceptors (Lipinski definition) is 19. The molecular weight excluding hydrogens is 1040 g/mol. The van der Waals surface area contributed by atoms with Crippen molar-refractivity contribution < 1.29 is 97.4 Å². The number of nitrogens with one attached hydrogen (secondary N) is 6. The number of nitro benzene ring substituents is 2. The summed E-state index contributed by atoms with van der Waals surface area (Å²) in [6, 6.07) is -0.858. The number of ether oxygens (including phenoxy) is 3. The third kappa shape index (κ3) is 23.3. The number of aliphatic carboxylic acids is 6. The number of carbonyl (C=O) groups excluding carboxylic acids is 2. The van der Waals surface area contributed by atoms with Crippen LogP contribution < -0.4 is 41.4 Å². The van der Waals surface area contributed by atoms with Crippen molar-refractivity contribution in [2.75, 3.05) is 43.6 Å². The molecule has 0 saturated carbocycles. The van der Waals surface area contributed by atoms with E-state index in [2.05, 4.69) is 31.6 Å². The lowest BCUT2D eigenvalue weighted by Crippen LogP contribution is -2.51. The number of amides is 4. The molecule has 0 saturated heterocycles. The summed E-state index contributed by atoms with van der Waals surface area (Å²) >= 11 is 0. The molecule has 32 nitrogen and oxygen atoms in total. The largest absolute Gasteiger partial charge is 0.491 e. The quantitative estimate of drug-likeness (QED) is 0.0222. The van der Waals surface area contributed by atoms with Crippen LogP contribution in [0.1, 0.15) is 69.9 Å². The van der Waals surface area contributed by atoms with Gasteiger partial charge in [0.2, 0.25) is 0 Å². The number of unbranched alkanes of at least 4 members (excludes halogenated alkanes) is 2. The van der Waals surface area contributed by atoms with Gasteiger partial charge >= 0.3 is 47.9 Å². The number of benzene rings is 2. The van der Waals surface area contributed by atoms with Gasteiger partial charge in [-0.2, -0.15) is 0 Å². The molecule has 2 aromatic carbocycles. The van der Waals surface area contributed by atoms with Crippen molar-refractivity contribution in [1.29, 1.82) is 0 Å². The molecule has 4 amide bonds. The van der Waals surface area contributed by atoms with Crippen molar-refractivity contribution in [2.24, 2.45) is 0 Å². The molecule has 0 bridgehead atoms. The summed E-state index contributed by atoms with van der Waals surface area (Å²) in [4.78, 5) is 115. The Bertz CT molecular complexity index is 2390. The van der Waals surface area contributed by atoms with Crippen LogP contribution in [-0.2, 0) is 46.7 Å². The number of rotatable bonds is 39. The van der Waals surface area contributed by atoms with E-state index >= 15 is 0 Å². The SMILES string of the molecule is O=C(O)CC[C@H](NC(=O)N[C@H](CCCCNc1cc(OCC(COc2ccc([N+](=O)[O-])c(NCCCC[C@H](NC(=O)N[C@H](CCC(=O)O)C(=O)O)C(=O)O)c2)OCc2cn(CCF)nn2)ccc1[N+](=O)[O-])C(=O)O)C(=O)O. The Hall–Kier alpha value is -9.17. The van der Waals surface area contributed by atoms with Gasteiger partial charge in [0, 0.05) is 50.2 Å². The van der Waals surface area contributed by atoms with Gasteiger partial charge in [-0.15, -0.1) is 5.10 Å². The molecule has 12 N–H and O–H groups in total. The summed E-state index contributed by atoms with van der Waals surface area (Å²) in [5, 5.41) is 101. The fourth-order valence-electron chi connectivity index (χ4n) is 6.81. The molecule has 422 valence electrons. The molecule has 1 heterocycles. The average Bonchev–Trinajstić information content (AvgIpc) is 3.82. The molecule has 1 aromatic heterocycles. The van der Waals surface area contributed by atoms with Gasteiger partial charge in [0.15, 0.2) is 0 Å². The highest BCUT2D eigenvalue weighted by Gasteiger charge is 2.27. The summed E-state index contributed by atoms with van der Waals surface area (Å²) in [5.74, 6) is -8.32. The summed E-state index contributed by atoms with van der Waals surface area (Å²) < 4.78 is 32.1. The standard InChI is InChI=1S/C44H58FN11O21/c45-15-18-54-21-25(52-53-54)22-75-28(23-76-26-7-11-35(55(71)72)33(19-26)46-16-3-1-5-29(39(61)62)48-43(69)50-31(41(65)66)9-13-37(57)58)24-77-27-8-12-36(56(73)74)34(20-27)47-17-4-2-6-30(40(63)64)49-44(70)51-32(42(67)68)10-14-38(59)60/h7-8,11-12,19-21,28-32,46-47H,1-6,9-10,13-18,22-24H2,(H,57,58)(H,59,60)(H,61,62)(H,63,64)(H,65,66)(H,67,68)(H2,48,50,69)(H2,49,51,70)/t28?,29-,30+,31+,32-. The Labute approximate surface area is 434 Å². The maximum Gasteiger partial charge on any atom is 0.326 e. The van der Waals surface area contributed by atoms with Crippen molar-refractivity contribution in [3.63, 3.8) is 0 Å². The molecule has 0 spiro atoms. The van der Waals surface area contributed by atoms with Crippen LogP contribution in [-0.4, -0.2) is 167 Å². The number of aryl methyl sites for hydroxylation is 1. The fourth-order valence-corrected chi connectivity index (χ4v) is 6.81. The minimum atomic E-state index is -1.60. The number of urea groups is 2. The smallest absolute Gasteiger partial charge is 0.326 e.